The average Bonchev–Trinajstić information content (AvgIpc) is 1.86. The van der Waals surface area contributed by atoms with Gasteiger partial charge in [0.15, 0.2) is 0 Å². The van der Waals surface area contributed by atoms with Crippen molar-refractivity contribution in [3.63, 3.8) is 0 Å². The molecule has 11 heavy (non-hydrogen) atoms. The van der Waals surface area contributed by atoms with Gasteiger partial charge in [-0.25, -0.2) is 0 Å². The molecule has 4 heteroatoms. The first kappa shape index (κ1) is 10.4. The van der Waals surface area contributed by atoms with Crippen LogP contribution in [0.25, 0.3) is 0 Å². The third-order valence-corrected chi connectivity index (χ3v) is 1.90. The Kier molecular flexibility index (Phi) is 3.45. The molecule has 0 aromatic heterocycles. The van der Waals surface area contributed by atoms with Crippen LogP contribution in [0.4, 0.5) is 0 Å². The molecule has 0 aliphatic rings. The normalized spacial score (nSPS) is 10.8. The molecule has 0 saturated carbocycles. The quantitative estimate of drug-likeness (QED) is 0.615. The lowest BCUT2D eigenvalue weighted by Crippen LogP contribution is -2.51. The summed E-state index contributed by atoms with van der Waals surface area (Å²) in [5.41, 5.74) is 4.82. The number of hydrogen-bond donors (Lipinski definition) is 2. The van der Waals surface area contributed by atoms with Gasteiger partial charge in [0.05, 0.1) is 10.5 Å². The Morgan fingerprint density at radius 1 is 1.64 bits per heavy atom. The number of nitrogens with one attached hydrogen (secondary N) is 1. The van der Waals surface area contributed by atoms with Crippen LogP contribution in [-0.4, -0.2) is 16.4 Å². The summed E-state index contributed by atoms with van der Waals surface area (Å²) in [7, 11) is 0. The molecule has 0 spiro atoms. The maximum atomic E-state index is 10.9. The van der Waals surface area contributed by atoms with Gasteiger partial charge in [0.2, 0.25) is 5.91 Å². The van der Waals surface area contributed by atoms with Crippen molar-refractivity contribution in [2.45, 2.75) is 32.7 Å². The Hall–Kier alpha value is -0.640. The maximum absolute atomic E-state index is 10.9. The van der Waals surface area contributed by atoms with Crippen molar-refractivity contribution in [3.05, 3.63) is 0 Å². The first-order chi connectivity index (χ1) is 4.90. The summed E-state index contributed by atoms with van der Waals surface area (Å²) in [5, 5.41) is 2.70. The lowest BCUT2D eigenvalue weighted by atomic mass is 10.1. The molecule has 0 bridgehead atoms. The number of nitrogens with two attached hydrogens (primary N) is 1. The number of carbonyl (C=O) groups is 1. The summed E-state index contributed by atoms with van der Waals surface area (Å²) in [6.07, 6.45) is 0.450. The maximum Gasteiger partial charge on any atom is 0.220 e. The van der Waals surface area contributed by atoms with Crippen molar-refractivity contribution in [1.82, 2.24) is 5.32 Å². The van der Waals surface area contributed by atoms with E-state index >= 15 is 0 Å². The van der Waals surface area contributed by atoms with Gasteiger partial charge in [0, 0.05) is 6.42 Å². The van der Waals surface area contributed by atoms with E-state index in [4.69, 9.17) is 18.0 Å². The highest BCUT2D eigenvalue weighted by atomic mass is 32.1. The molecular formula is C7H14N2OS. The zero-order valence-electron chi connectivity index (χ0n) is 7.10. The van der Waals surface area contributed by atoms with Gasteiger partial charge in [-0.15, -0.1) is 0 Å². The molecule has 0 aliphatic heterocycles. The molecule has 64 valence electrons. The smallest absolute Gasteiger partial charge is 0.220 e. The first-order valence-corrected chi connectivity index (χ1v) is 3.92. The Balaban J connectivity index is 4.12. The number of amides is 1. The summed E-state index contributed by atoms with van der Waals surface area (Å²) < 4.78 is 0. The highest BCUT2D eigenvalue weighted by Gasteiger charge is 2.22. The van der Waals surface area contributed by atoms with Crippen molar-refractivity contribution in [1.29, 1.82) is 0 Å². The van der Waals surface area contributed by atoms with Crippen LogP contribution >= 0.6 is 12.2 Å². The minimum Gasteiger partial charge on any atom is -0.391 e. The summed E-state index contributed by atoms with van der Waals surface area (Å²) >= 11 is 4.76. The van der Waals surface area contributed by atoms with Crippen molar-refractivity contribution in [3.8, 4) is 0 Å². The minimum atomic E-state index is -0.567. The summed E-state index contributed by atoms with van der Waals surface area (Å²) in [6, 6.07) is 0. The van der Waals surface area contributed by atoms with E-state index in [9.17, 15) is 4.79 Å². The highest BCUT2D eigenvalue weighted by Crippen LogP contribution is 2.01. The van der Waals surface area contributed by atoms with Crippen LogP contribution in [0.1, 0.15) is 27.2 Å². The molecular weight excluding hydrogens is 160 g/mol. The first-order valence-electron chi connectivity index (χ1n) is 3.51. The molecule has 0 radical (unpaired) electrons. The molecule has 0 saturated heterocycles. The standard InChI is InChI=1S/C7H14N2OS/c1-4-5(10)9-7(2,3)6(8)11/h4H2,1-3H3,(H2,8,11)(H,9,10). The predicted octanol–water partition coefficient (Wildman–Crippen LogP) is 0.577. The van der Waals surface area contributed by atoms with E-state index in [0.717, 1.165) is 0 Å². The van der Waals surface area contributed by atoms with Crippen LogP contribution in [0.2, 0.25) is 0 Å². The number of carbonyl (C=O) groups excluding carboxylic acids is 1. The molecule has 0 fully saturated rings. The second kappa shape index (κ2) is 3.67. The third-order valence-electron chi connectivity index (χ3n) is 1.39. The monoisotopic (exact) mass is 174 g/mol. The van der Waals surface area contributed by atoms with Crippen molar-refractivity contribution < 1.29 is 4.79 Å². The second-order valence-electron chi connectivity index (χ2n) is 2.89. The summed E-state index contributed by atoms with van der Waals surface area (Å²) in [6.45, 7) is 5.34. The highest BCUT2D eigenvalue weighted by molar-refractivity contribution is 7.80. The predicted molar refractivity (Wildman–Crippen MR) is 49.3 cm³/mol. The van der Waals surface area contributed by atoms with E-state index in [1.807, 2.05) is 0 Å². The Morgan fingerprint density at radius 2 is 2.09 bits per heavy atom. The van der Waals surface area contributed by atoms with Crippen molar-refractivity contribution >= 4 is 23.1 Å². The summed E-state index contributed by atoms with van der Waals surface area (Å²) in [5.74, 6) is -0.0391. The molecule has 0 aromatic rings. The van der Waals surface area contributed by atoms with Crippen LogP contribution in [0.5, 0.6) is 0 Å². The van der Waals surface area contributed by atoms with Crippen molar-refractivity contribution in [2.75, 3.05) is 0 Å². The zero-order valence-corrected chi connectivity index (χ0v) is 7.92. The molecule has 0 atom stereocenters. The van der Waals surface area contributed by atoms with Crippen LogP contribution in [0, 0.1) is 0 Å². The molecule has 0 heterocycles. The van der Waals surface area contributed by atoms with Gasteiger partial charge in [-0.05, 0) is 13.8 Å². The van der Waals surface area contributed by atoms with Gasteiger partial charge in [-0.2, -0.15) is 0 Å². The topological polar surface area (TPSA) is 55.1 Å². The molecule has 0 aromatic carbocycles. The average molecular weight is 174 g/mol. The van der Waals surface area contributed by atoms with Gasteiger partial charge in [-0.1, -0.05) is 19.1 Å². The van der Waals surface area contributed by atoms with Gasteiger partial charge in [-0.3, -0.25) is 4.79 Å². The van der Waals surface area contributed by atoms with Crippen LogP contribution in [0.3, 0.4) is 0 Å². The minimum absolute atomic E-state index is 0.0391. The molecule has 1 amide bonds. The SMILES string of the molecule is CCC(=O)NC(C)(C)C(N)=S. The fourth-order valence-electron chi connectivity index (χ4n) is 0.499. The fourth-order valence-corrected chi connectivity index (χ4v) is 0.550. The van der Waals surface area contributed by atoms with Gasteiger partial charge in [0.1, 0.15) is 0 Å². The number of rotatable bonds is 3. The van der Waals surface area contributed by atoms with Gasteiger partial charge >= 0.3 is 0 Å². The molecule has 0 unspecified atom stereocenters. The van der Waals surface area contributed by atoms with Crippen LogP contribution in [0.15, 0.2) is 0 Å². The molecule has 0 aliphatic carbocycles. The Morgan fingerprint density at radius 3 is 2.36 bits per heavy atom. The number of thiocarbonyl (C=S) groups is 1. The van der Waals surface area contributed by atoms with Gasteiger partial charge < -0.3 is 11.1 Å². The van der Waals surface area contributed by atoms with E-state index in [0.29, 0.717) is 11.4 Å². The van der Waals surface area contributed by atoms with E-state index in [1.165, 1.54) is 0 Å². The Labute approximate surface area is 72.3 Å². The van der Waals surface area contributed by atoms with Gasteiger partial charge in [0.25, 0.3) is 0 Å². The van der Waals surface area contributed by atoms with Crippen LogP contribution < -0.4 is 11.1 Å². The second-order valence-corrected chi connectivity index (χ2v) is 3.33. The van der Waals surface area contributed by atoms with E-state index in [2.05, 4.69) is 5.32 Å². The fraction of sp³-hybridized carbons (Fsp3) is 0.714. The largest absolute Gasteiger partial charge is 0.391 e. The third kappa shape index (κ3) is 3.32. The molecule has 3 nitrogen and oxygen atoms in total. The Bertz CT molecular complexity index is 177. The lowest BCUT2D eigenvalue weighted by molar-refractivity contribution is -0.121. The van der Waals surface area contributed by atoms with E-state index < -0.39 is 5.54 Å². The lowest BCUT2D eigenvalue weighted by Gasteiger charge is -2.24. The van der Waals surface area contributed by atoms with Crippen molar-refractivity contribution in [2.24, 2.45) is 5.73 Å². The zero-order chi connectivity index (χ0) is 9.07. The molecule has 0 rings (SSSR count). The van der Waals surface area contributed by atoms with Crippen LogP contribution in [-0.2, 0) is 4.79 Å². The molecule has 3 N–H and O–H groups in total. The van der Waals surface area contributed by atoms with E-state index in [-0.39, 0.29) is 5.91 Å². The van der Waals surface area contributed by atoms with E-state index in [1.54, 1.807) is 20.8 Å². The summed E-state index contributed by atoms with van der Waals surface area (Å²) in [4.78, 5) is 11.2. The number of hydrogen-bond acceptors (Lipinski definition) is 2.